The van der Waals surface area contributed by atoms with Gasteiger partial charge in [-0.3, -0.25) is 4.72 Å². The minimum Gasteiger partial charge on any atom is -0.382 e. The third kappa shape index (κ3) is 5.05. The molecule has 0 aromatic heterocycles. The summed E-state index contributed by atoms with van der Waals surface area (Å²) in [6.45, 7) is 1.47. The predicted octanol–water partition coefficient (Wildman–Crippen LogP) is 0.515. The number of hydrogen-bond donors (Lipinski definition) is 1. The average Bonchev–Trinajstić information content (AvgIpc) is 1.98. The first-order chi connectivity index (χ1) is 4.85. The van der Waals surface area contributed by atoms with Gasteiger partial charge in [-0.15, -0.1) is 0 Å². The van der Waals surface area contributed by atoms with E-state index in [9.17, 15) is 0 Å². The molecule has 0 aromatic rings. The highest BCUT2D eigenvalue weighted by Crippen LogP contribution is 1.91. The lowest BCUT2D eigenvalue weighted by Crippen LogP contribution is -2.28. The van der Waals surface area contributed by atoms with Crippen molar-refractivity contribution in [2.24, 2.45) is 0 Å². The van der Waals surface area contributed by atoms with E-state index >= 15 is 0 Å². The van der Waals surface area contributed by atoms with Crippen molar-refractivity contribution >= 4 is 11.9 Å². The summed E-state index contributed by atoms with van der Waals surface area (Å²) in [6, 6.07) is 0. The molecule has 4 heteroatoms. The Bertz CT molecular complexity index is 72.8. The Morgan fingerprint density at radius 2 is 2.20 bits per heavy atom. The van der Waals surface area contributed by atoms with Gasteiger partial charge >= 0.3 is 0 Å². The molecule has 0 fully saturated rings. The van der Waals surface area contributed by atoms with E-state index in [1.165, 1.54) is 0 Å². The summed E-state index contributed by atoms with van der Waals surface area (Å²) in [7, 11) is 3.36. The van der Waals surface area contributed by atoms with E-state index in [4.69, 9.17) is 9.47 Å². The molecule has 0 aliphatic heterocycles. The summed E-state index contributed by atoms with van der Waals surface area (Å²) >= 11 is 1.59. The van der Waals surface area contributed by atoms with Crippen LogP contribution in [0.1, 0.15) is 0 Å². The second-order valence-electron chi connectivity index (χ2n) is 1.87. The fourth-order valence-corrected chi connectivity index (χ4v) is 0.925. The first kappa shape index (κ1) is 10.2. The number of nitrogens with one attached hydrogen (secondary N) is 1. The van der Waals surface area contributed by atoms with Crippen LogP contribution in [0.15, 0.2) is 0 Å². The lowest BCUT2D eigenvalue weighted by Gasteiger charge is -2.13. The van der Waals surface area contributed by atoms with Crippen molar-refractivity contribution in [1.29, 1.82) is 0 Å². The Labute approximate surface area is 66.6 Å². The van der Waals surface area contributed by atoms with E-state index in [1.807, 2.05) is 6.26 Å². The zero-order chi connectivity index (χ0) is 7.82. The largest absolute Gasteiger partial charge is 0.382 e. The van der Waals surface area contributed by atoms with Crippen LogP contribution >= 0.6 is 11.9 Å². The van der Waals surface area contributed by atoms with E-state index in [2.05, 4.69) is 4.72 Å². The lowest BCUT2D eigenvalue weighted by atomic mass is 10.4. The summed E-state index contributed by atoms with van der Waals surface area (Å²) < 4.78 is 13.1. The molecule has 0 saturated carbocycles. The summed E-state index contributed by atoms with van der Waals surface area (Å²) in [5.41, 5.74) is 0. The van der Waals surface area contributed by atoms with Gasteiger partial charge in [-0.05, 0) is 6.26 Å². The second kappa shape index (κ2) is 7.34. The van der Waals surface area contributed by atoms with Crippen LogP contribution in [0, 0.1) is 0 Å². The van der Waals surface area contributed by atoms with E-state index in [0.717, 1.165) is 6.54 Å². The Morgan fingerprint density at radius 3 is 2.60 bits per heavy atom. The quantitative estimate of drug-likeness (QED) is 0.581. The Kier molecular flexibility index (Phi) is 7.51. The highest BCUT2D eigenvalue weighted by Gasteiger charge is 2.03. The minimum atomic E-state index is 0.164. The topological polar surface area (TPSA) is 30.5 Å². The van der Waals surface area contributed by atoms with Crippen molar-refractivity contribution in [3.63, 3.8) is 0 Å². The van der Waals surface area contributed by atoms with Gasteiger partial charge in [-0.2, -0.15) is 0 Å². The SMILES string of the molecule is COCC(CNSC)OC. The van der Waals surface area contributed by atoms with Crippen LogP contribution in [0.25, 0.3) is 0 Å². The maximum absolute atomic E-state index is 5.09. The summed E-state index contributed by atoms with van der Waals surface area (Å²) in [4.78, 5) is 0. The smallest absolute Gasteiger partial charge is 0.0937 e. The number of hydrogen-bond acceptors (Lipinski definition) is 4. The van der Waals surface area contributed by atoms with E-state index in [-0.39, 0.29) is 6.10 Å². The maximum atomic E-state index is 5.09. The molecule has 0 bridgehead atoms. The minimum absolute atomic E-state index is 0.164. The zero-order valence-electron chi connectivity index (χ0n) is 6.72. The molecular weight excluding hydrogens is 150 g/mol. The van der Waals surface area contributed by atoms with Crippen LogP contribution in [0.5, 0.6) is 0 Å². The molecule has 3 nitrogen and oxygen atoms in total. The fraction of sp³-hybridized carbons (Fsp3) is 1.00. The van der Waals surface area contributed by atoms with Crippen LogP contribution in [-0.4, -0.2) is 39.7 Å². The molecule has 0 aliphatic carbocycles. The molecule has 62 valence electrons. The molecule has 1 atom stereocenters. The van der Waals surface area contributed by atoms with Crippen LogP contribution < -0.4 is 4.72 Å². The van der Waals surface area contributed by atoms with E-state index < -0.39 is 0 Å². The zero-order valence-corrected chi connectivity index (χ0v) is 7.53. The molecule has 0 aromatic carbocycles. The van der Waals surface area contributed by atoms with Crippen LogP contribution in [-0.2, 0) is 9.47 Å². The normalized spacial score (nSPS) is 13.5. The Hall–Kier alpha value is 0.230. The van der Waals surface area contributed by atoms with Crippen molar-refractivity contribution in [1.82, 2.24) is 4.72 Å². The van der Waals surface area contributed by atoms with Crippen molar-refractivity contribution in [2.75, 3.05) is 33.6 Å². The van der Waals surface area contributed by atoms with Gasteiger partial charge in [0.05, 0.1) is 12.7 Å². The summed E-state index contributed by atoms with van der Waals surface area (Å²) in [5, 5.41) is 0. The predicted molar refractivity (Wildman–Crippen MR) is 44.2 cm³/mol. The Morgan fingerprint density at radius 1 is 1.50 bits per heavy atom. The van der Waals surface area contributed by atoms with Gasteiger partial charge in [0.25, 0.3) is 0 Å². The number of ether oxygens (including phenoxy) is 2. The van der Waals surface area contributed by atoms with E-state index in [1.54, 1.807) is 26.2 Å². The van der Waals surface area contributed by atoms with Crippen LogP contribution in [0.2, 0.25) is 0 Å². The molecule has 1 unspecified atom stereocenters. The standard InChI is InChI=1S/C6H15NO2S/c1-8-5-6(9-2)4-7-10-3/h6-7H,4-5H2,1-3H3. The van der Waals surface area contributed by atoms with Gasteiger partial charge in [-0.1, -0.05) is 11.9 Å². The molecule has 10 heavy (non-hydrogen) atoms. The lowest BCUT2D eigenvalue weighted by molar-refractivity contribution is 0.0323. The van der Waals surface area contributed by atoms with Crippen LogP contribution in [0.3, 0.4) is 0 Å². The van der Waals surface area contributed by atoms with Gasteiger partial charge in [-0.25, -0.2) is 0 Å². The van der Waals surface area contributed by atoms with Crippen molar-refractivity contribution in [3.8, 4) is 0 Å². The van der Waals surface area contributed by atoms with Gasteiger partial charge in [0.2, 0.25) is 0 Å². The van der Waals surface area contributed by atoms with Gasteiger partial charge in [0.1, 0.15) is 0 Å². The first-order valence-electron chi connectivity index (χ1n) is 3.12. The fourth-order valence-electron chi connectivity index (χ4n) is 0.572. The number of rotatable bonds is 6. The number of methoxy groups -OCH3 is 2. The molecule has 1 N–H and O–H groups in total. The molecule has 0 heterocycles. The molecule has 0 rings (SSSR count). The van der Waals surface area contributed by atoms with Crippen molar-refractivity contribution < 1.29 is 9.47 Å². The first-order valence-corrected chi connectivity index (χ1v) is 4.35. The summed E-state index contributed by atoms with van der Waals surface area (Å²) in [6.07, 6.45) is 2.15. The molecular formula is C6H15NO2S. The molecule has 0 aliphatic rings. The molecule has 0 spiro atoms. The maximum Gasteiger partial charge on any atom is 0.0937 e. The highest BCUT2D eigenvalue weighted by atomic mass is 32.2. The van der Waals surface area contributed by atoms with Gasteiger partial charge in [0, 0.05) is 20.8 Å². The van der Waals surface area contributed by atoms with Crippen molar-refractivity contribution in [2.45, 2.75) is 6.10 Å². The third-order valence-corrected chi connectivity index (χ3v) is 1.60. The third-order valence-electron chi connectivity index (χ3n) is 1.14. The molecule has 0 amide bonds. The molecule has 0 saturated heterocycles. The highest BCUT2D eigenvalue weighted by molar-refractivity contribution is 7.96. The van der Waals surface area contributed by atoms with E-state index in [0.29, 0.717) is 6.61 Å². The average molecular weight is 165 g/mol. The van der Waals surface area contributed by atoms with Gasteiger partial charge in [0.15, 0.2) is 0 Å². The second-order valence-corrected chi connectivity index (χ2v) is 2.56. The van der Waals surface area contributed by atoms with Crippen LogP contribution in [0.4, 0.5) is 0 Å². The van der Waals surface area contributed by atoms with Crippen molar-refractivity contribution in [3.05, 3.63) is 0 Å². The van der Waals surface area contributed by atoms with Gasteiger partial charge < -0.3 is 9.47 Å². The Balaban J connectivity index is 3.21. The summed E-state index contributed by atoms with van der Waals surface area (Å²) in [5.74, 6) is 0. The monoisotopic (exact) mass is 165 g/mol. The molecule has 0 radical (unpaired) electrons.